The molecule has 1 aromatic carbocycles. The summed E-state index contributed by atoms with van der Waals surface area (Å²) in [6.07, 6.45) is 6.37. The lowest BCUT2D eigenvalue weighted by atomic mass is 10.1. The predicted molar refractivity (Wildman–Crippen MR) is 106 cm³/mol. The molecule has 2 unspecified atom stereocenters. The molecule has 0 amide bonds. The van der Waals surface area contributed by atoms with Crippen LogP contribution in [-0.4, -0.2) is 48.4 Å². The second-order valence-corrected chi connectivity index (χ2v) is 7.79. The van der Waals surface area contributed by atoms with Gasteiger partial charge in [0.15, 0.2) is 0 Å². The molecule has 4 rings (SSSR count). The molecule has 0 aliphatic carbocycles. The van der Waals surface area contributed by atoms with Crippen molar-refractivity contribution in [3.8, 4) is 0 Å². The summed E-state index contributed by atoms with van der Waals surface area (Å²) in [5, 5.41) is 4.89. The number of hydrogen-bond acceptors (Lipinski definition) is 5. The fourth-order valence-electron chi connectivity index (χ4n) is 4.13. The molecule has 2 saturated heterocycles. The van der Waals surface area contributed by atoms with Gasteiger partial charge in [0.25, 0.3) is 0 Å². The first-order valence-corrected chi connectivity index (χ1v) is 10.0. The van der Waals surface area contributed by atoms with E-state index in [-0.39, 0.29) is 0 Å². The van der Waals surface area contributed by atoms with Crippen molar-refractivity contribution in [3.05, 3.63) is 29.5 Å². The van der Waals surface area contributed by atoms with Gasteiger partial charge in [0.05, 0.1) is 17.3 Å². The number of aryl methyl sites for hydroxylation is 2. The van der Waals surface area contributed by atoms with Gasteiger partial charge in [0.2, 0.25) is 5.95 Å². The van der Waals surface area contributed by atoms with E-state index in [0.29, 0.717) is 12.1 Å². The molecule has 5 heteroatoms. The van der Waals surface area contributed by atoms with Gasteiger partial charge in [-0.25, -0.2) is 9.97 Å². The van der Waals surface area contributed by atoms with Gasteiger partial charge < -0.3 is 15.0 Å². The number of ether oxygens (including phenoxy) is 1. The maximum Gasteiger partial charge on any atom is 0.226 e. The lowest BCUT2D eigenvalue weighted by Gasteiger charge is -2.22. The average Bonchev–Trinajstić information content (AvgIpc) is 3.03. The minimum atomic E-state index is 0.420. The number of aromatic nitrogens is 2. The maximum atomic E-state index is 5.74. The fourth-order valence-corrected chi connectivity index (χ4v) is 4.13. The molecule has 2 atom stereocenters. The van der Waals surface area contributed by atoms with Crippen LogP contribution < -0.4 is 10.2 Å². The summed E-state index contributed by atoms with van der Waals surface area (Å²) in [5.41, 5.74) is 3.38. The largest absolute Gasteiger partial charge is 0.377 e. The highest BCUT2D eigenvalue weighted by atomic mass is 16.5. The minimum absolute atomic E-state index is 0.420. The summed E-state index contributed by atoms with van der Waals surface area (Å²) in [7, 11) is 0. The van der Waals surface area contributed by atoms with E-state index in [2.05, 4.69) is 42.3 Å². The highest BCUT2D eigenvalue weighted by Crippen LogP contribution is 2.22. The second kappa shape index (κ2) is 7.89. The van der Waals surface area contributed by atoms with Crippen molar-refractivity contribution in [2.45, 2.75) is 58.1 Å². The van der Waals surface area contributed by atoms with E-state index in [1.165, 1.54) is 31.2 Å². The Bertz CT molecular complexity index is 757. The molecule has 2 fully saturated rings. The molecule has 2 aliphatic rings. The second-order valence-electron chi connectivity index (χ2n) is 7.79. The fraction of sp³-hybridized carbons (Fsp3) is 0.619. The molecule has 140 valence electrons. The topological polar surface area (TPSA) is 50.3 Å². The Balaban J connectivity index is 1.42. The van der Waals surface area contributed by atoms with Gasteiger partial charge in [-0.2, -0.15) is 0 Å². The number of nitrogens with one attached hydrogen (secondary N) is 1. The molecule has 3 heterocycles. The van der Waals surface area contributed by atoms with Crippen LogP contribution in [0.4, 0.5) is 5.95 Å². The SMILES string of the molecule is Cc1ccc2c(C)nc(N3CCCC(NCC4CCCO4)CC3)nc2c1. The van der Waals surface area contributed by atoms with E-state index in [4.69, 9.17) is 14.7 Å². The molecule has 2 aliphatic heterocycles. The summed E-state index contributed by atoms with van der Waals surface area (Å²) in [5.74, 6) is 0.889. The molecule has 1 aromatic heterocycles. The van der Waals surface area contributed by atoms with Crippen LogP contribution in [0.3, 0.4) is 0 Å². The lowest BCUT2D eigenvalue weighted by molar-refractivity contribution is 0.107. The predicted octanol–water partition coefficient (Wildman–Crippen LogP) is 3.37. The van der Waals surface area contributed by atoms with Gasteiger partial charge in [-0.1, -0.05) is 12.1 Å². The molecular formula is C21H30N4O. The molecule has 26 heavy (non-hydrogen) atoms. The van der Waals surface area contributed by atoms with E-state index in [1.807, 2.05) is 0 Å². The normalized spacial score (nSPS) is 24.2. The van der Waals surface area contributed by atoms with Gasteiger partial charge in [-0.15, -0.1) is 0 Å². The summed E-state index contributed by atoms with van der Waals surface area (Å²) in [6.45, 7) is 8.19. The van der Waals surface area contributed by atoms with Crippen LogP contribution in [0.15, 0.2) is 18.2 Å². The van der Waals surface area contributed by atoms with Gasteiger partial charge in [-0.05, 0) is 57.6 Å². The molecule has 0 bridgehead atoms. The Labute approximate surface area is 156 Å². The number of rotatable bonds is 4. The highest BCUT2D eigenvalue weighted by Gasteiger charge is 2.21. The molecule has 5 nitrogen and oxygen atoms in total. The van der Waals surface area contributed by atoms with Gasteiger partial charge in [-0.3, -0.25) is 0 Å². The number of nitrogens with zero attached hydrogens (tertiary/aromatic N) is 3. The standard InChI is InChI=1S/C21H30N4O/c1-15-7-8-19-16(2)23-21(24-20(19)13-15)25-10-3-5-17(9-11-25)22-14-18-6-4-12-26-18/h7-8,13,17-18,22H,3-6,9-12,14H2,1-2H3. The van der Waals surface area contributed by atoms with E-state index in [1.54, 1.807) is 0 Å². The molecule has 0 saturated carbocycles. The molecule has 0 radical (unpaired) electrons. The highest BCUT2D eigenvalue weighted by molar-refractivity contribution is 5.82. The summed E-state index contributed by atoms with van der Waals surface area (Å²) >= 11 is 0. The summed E-state index contributed by atoms with van der Waals surface area (Å²) < 4.78 is 5.74. The minimum Gasteiger partial charge on any atom is -0.377 e. The Hall–Kier alpha value is -1.72. The number of fused-ring (bicyclic) bond motifs is 1. The number of anilines is 1. The Morgan fingerprint density at radius 1 is 1.12 bits per heavy atom. The average molecular weight is 354 g/mol. The van der Waals surface area contributed by atoms with Crippen LogP contribution in [0.5, 0.6) is 0 Å². The monoisotopic (exact) mass is 354 g/mol. The van der Waals surface area contributed by atoms with Crippen LogP contribution >= 0.6 is 0 Å². The van der Waals surface area contributed by atoms with Crippen LogP contribution in [0.25, 0.3) is 10.9 Å². The zero-order chi connectivity index (χ0) is 17.9. The third-order valence-corrected chi connectivity index (χ3v) is 5.70. The first kappa shape index (κ1) is 17.7. The number of benzene rings is 1. The molecular weight excluding hydrogens is 324 g/mol. The Morgan fingerprint density at radius 3 is 2.88 bits per heavy atom. The third-order valence-electron chi connectivity index (χ3n) is 5.70. The van der Waals surface area contributed by atoms with E-state index >= 15 is 0 Å². The van der Waals surface area contributed by atoms with Crippen LogP contribution in [0, 0.1) is 13.8 Å². The first-order valence-electron chi connectivity index (χ1n) is 10.0. The Kier molecular flexibility index (Phi) is 5.36. The molecule has 0 spiro atoms. The summed E-state index contributed by atoms with van der Waals surface area (Å²) in [6, 6.07) is 7.01. The van der Waals surface area contributed by atoms with E-state index in [9.17, 15) is 0 Å². The van der Waals surface area contributed by atoms with Crippen molar-refractivity contribution in [1.29, 1.82) is 0 Å². The smallest absolute Gasteiger partial charge is 0.226 e. The first-order chi connectivity index (χ1) is 12.7. The van der Waals surface area contributed by atoms with Crippen molar-refractivity contribution in [1.82, 2.24) is 15.3 Å². The zero-order valence-corrected chi connectivity index (χ0v) is 16.0. The third kappa shape index (κ3) is 3.99. The Morgan fingerprint density at radius 2 is 2.04 bits per heavy atom. The molecule has 2 aromatic rings. The van der Waals surface area contributed by atoms with Crippen LogP contribution in [0.2, 0.25) is 0 Å². The van der Waals surface area contributed by atoms with Crippen molar-refractivity contribution < 1.29 is 4.74 Å². The summed E-state index contributed by atoms with van der Waals surface area (Å²) in [4.78, 5) is 12.0. The van der Waals surface area contributed by atoms with Crippen molar-refractivity contribution in [2.24, 2.45) is 0 Å². The zero-order valence-electron chi connectivity index (χ0n) is 16.0. The van der Waals surface area contributed by atoms with Crippen molar-refractivity contribution in [3.63, 3.8) is 0 Å². The van der Waals surface area contributed by atoms with Crippen LogP contribution in [0.1, 0.15) is 43.4 Å². The van der Waals surface area contributed by atoms with Gasteiger partial charge in [0.1, 0.15) is 0 Å². The van der Waals surface area contributed by atoms with E-state index in [0.717, 1.165) is 55.2 Å². The quantitative estimate of drug-likeness (QED) is 0.912. The van der Waals surface area contributed by atoms with Crippen LogP contribution in [-0.2, 0) is 4.74 Å². The van der Waals surface area contributed by atoms with Crippen molar-refractivity contribution >= 4 is 16.9 Å². The number of hydrogen-bond donors (Lipinski definition) is 1. The maximum absolute atomic E-state index is 5.74. The lowest BCUT2D eigenvalue weighted by Crippen LogP contribution is -2.36. The van der Waals surface area contributed by atoms with Gasteiger partial charge >= 0.3 is 0 Å². The van der Waals surface area contributed by atoms with E-state index < -0.39 is 0 Å². The molecule has 1 N–H and O–H groups in total. The van der Waals surface area contributed by atoms with Gasteiger partial charge in [0, 0.05) is 37.7 Å². The van der Waals surface area contributed by atoms with Crippen molar-refractivity contribution in [2.75, 3.05) is 31.1 Å².